The van der Waals surface area contributed by atoms with Crippen LogP contribution in [0.3, 0.4) is 0 Å². The van der Waals surface area contributed by atoms with Crippen molar-refractivity contribution in [3.8, 4) is 0 Å². The molecule has 1 atom stereocenters. The van der Waals surface area contributed by atoms with E-state index >= 15 is 0 Å². The third-order valence-corrected chi connectivity index (χ3v) is 3.78. The zero-order chi connectivity index (χ0) is 13.3. The summed E-state index contributed by atoms with van der Waals surface area (Å²) in [5.41, 5.74) is 2.62. The molecule has 1 unspecified atom stereocenters. The van der Waals surface area contributed by atoms with Crippen molar-refractivity contribution >= 4 is 15.9 Å². The van der Waals surface area contributed by atoms with Crippen LogP contribution in [-0.2, 0) is 7.05 Å². The molecule has 3 nitrogen and oxygen atoms in total. The van der Waals surface area contributed by atoms with Gasteiger partial charge in [0.05, 0.1) is 16.7 Å². The highest BCUT2D eigenvalue weighted by Crippen LogP contribution is 2.29. The molecule has 0 amide bonds. The molecule has 0 spiro atoms. The summed E-state index contributed by atoms with van der Waals surface area (Å²) in [4.78, 5) is 0. The molecular formula is C13H15BrFN3. The summed E-state index contributed by atoms with van der Waals surface area (Å²) in [7, 11) is 3.69. The number of nitrogens with zero attached hydrogens (tertiary/aromatic N) is 2. The van der Waals surface area contributed by atoms with Gasteiger partial charge < -0.3 is 5.32 Å². The third-order valence-electron chi connectivity index (χ3n) is 3.17. The van der Waals surface area contributed by atoms with Crippen molar-refractivity contribution in [3.63, 3.8) is 0 Å². The van der Waals surface area contributed by atoms with E-state index in [9.17, 15) is 4.39 Å². The topological polar surface area (TPSA) is 29.9 Å². The molecule has 0 bridgehead atoms. The Hall–Kier alpha value is -1.20. The Morgan fingerprint density at radius 2 is 2.11 bits per heavy atom. The van der Waals surface area contributed by atoms with Crippen LogP contribution in [0.4, 0.5) is 4.39 Å². The Bertz CT molecular complexity index is 565. The van der Waals surface area contributed by atoms with Gasteiger partial charge >= 0.3 is 0 Å². The Morgan fingerprint density at radius 1 is 1.39 bits per heavy atom. The van der Waals surface area contributed by atoms with Crippen molar-refractivity contribution < 1.29 is 4.39 Å². The largest absolute Gasteiger partial charge is 0.309 e. The number of nitrogens with one attached hydrogen (secondary N) is 1. The number of hydrogen-bond acceptors (Lipinski definition) is 2. The fourth-order valence-corrected chi connectivity index (χ4v) is 2.40. The van der Waals surface area contributed by atoms with Gasteiger partial charge in [-0.2, -0.15) is 5.10 Å². The molecule has 0 aliphatic rings. The molecular weight excluding hydrogens is 297 g/mol. The van der Waals surface area contributed by atoms with Crippen LogP contribution in [0.5, 0.6) is 0 Å². The van der Waals surface area contributed by atoms with E-state index in [-0.39, 0.29) is 11.9 Å². The zero-order valence-corrected chi connectivity index (χ0v) is 12.1. The molecule has 1 N–H and O–H groups in total. The van der Waals surface area contributed by atoms with Gasteiger partial charge in [-0.15, -0.1) is 0 Å². The lowest BCUT2D eigenvalue weighted by Gasteiger charge is -2.17. The van der Waals surface area contributed by atoms with E-state index in [1.165, 1.54) is 0 Å². The minimum atomic E-state index is -0.236. The minimum Gasteiger partial charge on any atom is -0.309 e. The van der Waals surface area contributed by atoms with Crippen LogP contribution in [0.25, 0.3) is 0 Å². The molecule has 1 aromatic heterocycles. The van der Waals surface area contributed by atoms with Crippen molar-refractivity contribution in [2.45, 2.75) is 13.0 Å². The second-order valence-corrected chi connectivity index (χ2v) is 5.03. The van der Waals surface area contributed by atoms with Crippen LogP contribution in [-0.4, -0.2) is 16.8 Å². The predicted molar refractivity (Wildman–Crippen MR) is 72.9 cm³/mol. The Balaban J connectivity index is 2.52. The highest BCUT2D eigenvalue weighted by molar-refractivity contribution is 9.10. The van der Waals surface area contributed by atoms with Gasteiger partial charge in [0.15, 0.2) is 0 Å². The van der Waals surface area contributed by atoms with Crippen LogP contribution < -0.4 is 5.32 Å². The average molecular weight is 312 g/mol. The molecule has 0 saturated heterocycles. The van der Waals surface area contributed by atoms with Crippen molar-refractivity contribution in [2.75, 3.05) is 7.05 Å². The summed E-state index contributed by atoms with van der Waals surface area (Å²) in [6.07, 6.45) is 1.77. The fraction of sp³-hybridized carbons (Fsp3) is 0.308. The minimum absolute atomic E-state index is 0.198. The number of halogens is 2. The maximum Gasteiger partial charge on any atom is 0.142 e. The Morgan fingerprint density at radius 3 is 2.67 bits per heavy atom. The standard InChI is InChI=1S/C13H15BrFN3/c1-8-10(7-17-18(8)3)13(16-2)9-5-4-6-11(14)12(9)15/h4-7,13,16H,1-3H3. The first-order chi connectivity index (χ1) is 8.56. The maximum atomic E-state index is 14.1. The van der Waals surface area contributed by atoms with Crippen LogP contribution >= 0.6 is 15.9 Å². The van der Waals surface area contributed by atoms with Crippen LogP contribution in [0.15, 0.2) is 28.9 Å². The zero-order valence-electron chi connectivity index (χ0n) is 10.5. The van der Waals surface area contributed by atoms with Gasteiger partial charge in [-0.25, -0.2) is 4.39 Å². The number of benzene rings is 1. The van der Waals surface area contributed by atoms with Gasteiger partial charge in [-0.05, 0) is 36.0 Å². The molecule has 1 aromatic carbocycles. The molecule has 5 heteroatoms. The van der Waals surface area contributed by atoms with Crippen LogP contribution in [0.2, 0.25) is 0 Å². The quantitative estimate of drug-likeness (QED) is 0.944. The predicted octanol–water partition coefficient (Wildman–Crippen LogP) is 2.94. The second-order valence-electron chi connectivity index (χ2n) is 4.17. The third kappa shape index (κ3) is 2.20. The number of hydrogen-bond donors (Lipinski definition) is 1. The van der Waals surface area contributed by atoms with Crippen molar-refractivity contribution in [3.05, 3.63) is 51.5 Å². The molecule has 0 radical (unpaired) electrons. The van der Waals surface area contributed by atoms with E-state index in [4.69, 9.17) is 0 Å². The van der Waals surface area contributed by atoms with Crippen LogP contribution in [0.1, 0.15) is 22.9 Å². The average Bonchev–Trinajstić information content (AvgIpc) is 2.68. The summed E-state index contributed by atoms with van der Waals surface area (Å²) in [6.45, 7) is 1.97. The normalized spacial score (nSPS) is 12.7. The molecule has 0 fully saturated rings. The maximum absolute atomic E-state index is 14.1. The number of aromatic nitrogens is 2. The molecule has 2 rings (SSSR count). The molecule has 0 saturated carbocycles. The first kappa shape index (κ1) is 13.2. The van der Waals surface area contributed by atoms with E-state index in [1.54, 1.807) is 23.0 Å². The smallest absolute Gasteiger partial charge is 0.142 e. The van der Waals surface area contributed by atoms with Crippen molar-refractivity contribution in [2.24, 2.45) is 7.05 Å². The lowest BCUT2D eigenvalue weighted by atomic mass is 9.99. The van der Waals surface area contributed by atoms with Crippen molar-refractivity contribution in [1.82, 2.24) is 15.1 Å². The SMILES string of the molecule is CNC(c1cccc(Br)c1F)c1cnn(C)c1C. The molecule has 2 aromatic rings. The van der Waals surface area contributed by atoms with Gasteiger partial charge in [0.1, 0.15) is 5.82 Å². The molecule has 1 heterocycles. The Kier molecular flexibility index (Phi) is 3.82. The van der Waals surface area contributed by atoms with E-state index in [0.29, 0.717) is 10.0 Å². The van der Waals surface area contributed by atoms with E-state index in [0.717, 1.165) is 11.3 Å². The van der Waals surface area contributed by atoms with Gasteiger partial charge in [0.2, 0.25) is 0 Å². The van der Waals surface area contributed by atoms with E-state index in [1.807, 2.05) is 27.1 Å². The summed E-state index contributed by atoms with van der Waals surface area (Å²) in [5.74, 6) is -0.236. The van der Waals surface area contributed by atoms with Crippen molar-refractivity contribution in [1.29, 1.82) is 0 Å². The summed E-state index contributed by atoms with van der Waals surface area (Å²) >= 11 is 3.22. The second kappa shape index (κ2) is 5.20. The molecule has 0 aliphatic heterocycles. The summed E-state index contributed by atoms with van der Waals surface area (Å²) < 4.78 is 16.4. The molecule has 0 aliphatic carbocycles. The van der Waals surface area contributed by atoms with Gasteiger partial charge in [0, 0.05) is 23.9 Å². The summed E-state index contributed by atoms with van der Waals surface area (Å²) in [5, 5.41) is 7.35. The molecule has 18 heavy (non-hydrogen) atoms. The van der Waals surface area contributed by atoms with Crippen LogP contribution in [0, 0.1) is 12.7 Å². The number of aryl methyl sites for hydroxylation is 1. The number of rotatable bonds is 3. The lowest BCUT2D eigenvalue weighted by Crippen LogP contribution is -2.19. The lowest BCUT2D eigenvalue weighted by molar-refractivity contribution is 0.569. The Labute approximate surface area is 114 Å². The summed E-state index contributed by atoms with van der Waals surface area (Å²) in [6, 6.07) is 5.12. The first-order valence-electron chi connectivity index (χ1n) is 5.66. The van der Waals surface area contributed by atoms with Gasteiger partial charge in [0.25, 0.3) is 0 Å². The fourth-order valence-electron chi connectivity index (χ4n) is 2.02. The monoisotopic (exact) mass is 311 g/mol. The highest BCUT2D eigenvalue weighted by Gasteiger charge is 2.21. The molecule has 96 valence electrons. The highest BCUT2D eigenvalue weighted by atomic mass is 79.9. The first-order valence-corrected chi connectivity index (χ1v) is 6.45. The van der Waals surface area contributed by atoms with Gasteiger partial charge in [-0.3, -0.25) is 4.68 Å². The van der Waals surface area contributed by atoms with E-state index in [2.05, 4.69) is 26.3 Å². The van der Waals surface area contributed by atoms with E-state index < -0.39 is 0 Å². The van der Waals surface area contributed by atoms with Gasteiger partial charge in [-0.1, -0.05) is 12.1 Å².